The standard InChI is InChI=1S/C25H26Cl2N2O2/c1-3-28-25(31)17(2)29(16-21-22(26)12-7-13-23(21)27)24(30)15-14-19-10-6-9-18-8-4-5-11-20(18)19/h4-13,17H,3,14-16H2,1-2H3,(H,28,31). The molecule has 1 atom stereocenters. The summed E-state index contributed by atoms with van der Waals surface area (Å²) in [5, 5.41) is 6.02. The maximum Gasteiger partial charge on any atom is 0.242 e. The third-order valence-electron chi connectivity index (χ3n) is 5.40. The van der Waals surface area contributed by atoms with Gasteiger partial charge in [-0.05, 0) is 48.7 Å². The van der Waals surface area contributed by atoms with Crippen molar-refractivity contribution < 1.29 is 9.59 Å². The number of carbonyl (C=O) groups excluding carboxylic acids is 2. The summed E-state index contributed by atoms with van der Waals surface area (Å²) in [4.78, 5) is 27.4. The highest BCUT2D eigenvalue weighted by Crippen LogP contribution is 2.27. The zero-order valence-corrected chi connectivity index (χ0v) is 19.2. The van der Waals surface area contributed by atoms with Gasteiger partial charge in [0.05, 0.1) is 0 Å². The number of aryl methyl sites for hydroxylation is 1. The van der Waals surface area contributed by atoms with E-state index in [4.69, 9.17) is 23.2 Å². The molecule has 6 heteroatoms. The number of amides is 2. The van der Waals surface area contributed by atoms with Gasteiger partial charge < -0.3 is 10.2 Å². The van der Waals surface area contributed by atoms with Crippen molar-refractivity contribution in [1.29, 1.82) is 0 Å². The Bertz CT molecular complexity index is 1060. The number of likely N-dealkylation sites (N-methyl/N-ethyl adjacent to an activating group) is 1. The normalized spacial score (nSPS) is 11.9. The molecule has 0 bridgehead atoms. The highest BCUT2D eigenvalue weighted by molar-refractivity contribution is 6.36. The second-order valence-electron chi connectivity index (χ2n) is 7.43. The fourth-order valence-electron chi connectivity index (χ4n) is 3.65. The Balaban J connectivity index is 1.83. The van der Waals surface area contributed by atoms with E-state index in [1.165, 1.54) is 0 Å². The molecule has 31 heavy (non-hydrogen) atoms. The van der Waals surface area contributed by atoms with E-state index >= 15 is 0 Å². The second-order valence-corrected chi connectivity index (χ2v) is 8.25. The number of rotatable bonds is 8. The molecule has 0 fully saturated rings. The number of carbonyl (C=O) groups is 2. The minimum absolute atomic E-state index is 0.123. The number of benzene rings is 3. The van der Waals surface area contributed by atoms with Crippen molar-refractivity contribution >= 4 is 45.8 Å². The van der Waals surface area contributed by atoms with E-state index in [2.05, 4.69) is 23.5 Å². The summed E-state index contributed by atoms with van der Waals surface area (Å²) in [6.07, 6.45) is 0.856. The first-order chi connectivity index (χ1) is 14.9. The Hall–Kier alpha value is -2.56. The summed E-state index contributed by atoms with van der Waals surface area (Å²) >= 11 is 12.7. The van der Waals surface area contributed by atoms with Crippen LogP contribution in [0, 0.1) is 0 Å². The molecule has 4 nitrogen and oxygen atoms in total. The van der Waals surface area contributed by atoms with Crippen LogP contribution >= 0.6 is 23.2 Å². The molecule has 0 aliphatic rings. The van der Waals surface area contributed by atoms with Gasteiger partial charge in [0.2, 0.25) is 11.8 Å². The average Bonchev–Trinajstić information content (AvgIpc) is 2.77. The first-order valence-corrected chi connectivity index (χ1v) is 11.1. The first kappa shape index (κ1) is 23.1. The third kappa shape index (κ3) is 5.57. The molecule has 1 N–H and O–H groups in total. The Morgan fingerprint density at radius 3 is 2.32 bits per heavy atom. The minimum atomic E-state index is -0.646. The second kappa shape index (κ2) is 10.7. The summed E-state index contributed by atoms with van der Waals surface area (Å²) in [6, 6.07) is 18.8. The zero-order valence-electron chi connectivity index (χ0n) is 17.7. The van der Waals surface area contributed by atoms with E-state index < -0.39 is 6.04 Å². The maximum absolute atomic E-state index is 13.3. The highest BCUT2D eigenvalue weighted by Gasteiger charge is 2.27. The van der Waals surface area contributed by atoms with Crippen LogP contribution < -0.4 is 5.32 Å². The van der Waals surface area contributed by atoms with Crippen molar-refractivity contribution in [2.45, 2.75) is 39.3 Å². The largest absolute Gasteiger partial charge is 0.355 e. The van der Waals surface area contributed by atoms with Crippen molar-refractivity contribution in [2.24, 2.45) is 0 Å². The van der Waals surface area contributed by atoms with Crippen molar-refractivity contribution in [3.05, 3.63) is 81.8 Å². The molecular weight excluding hydrogens is 431 g/mol. The van der Waals surface area contributed by atoms with E-state index in [-0.39, 0.29) is 24.8 Å². The number of hydrogen-bond acceptors (Lipinski definition) is 2. The van der Waals surface area contributed by atoms with Crippen LogP contribution in [0.5, 0.6) is 0 Å². The van der Waals surface area contributed by atoms with E-state index in [9.17, 15) is 9.59 Å². The molecule has 2 amide bonds. The molecule has 0 saturated carbocycles. The molecule has 0 radical (unpaired) electrons. The fourth-order valence-corrected chi connectivity index (χ4v) is 4.17. The van der Waals surface area contributed by atoms with E-state index in [0.717, 1.165) is 16.3 Å². The van der Waals surface area contributed by atoms with Gasteiger partial charge in [-0.2, -0.15) is 0 Å². The van der Waals surface area contributed by atoms with E-state index in [1.54, 1.807) is 30.0 Å². The Morgan fingerprint density at radius 2 is 1.61 bits per heavy atom. The van der Waals surface area contributed by atoms with Gasteiger partial charge in [0, 0.05) is 35.1 Å². The van der Waals surface area contributed by atoms with Crippen molar-refractivity contribution in [3.63, 3.8) is 0 Å². The number of hydrogen-bond donors (Lipinski definition) is 1. The summed E-state index contributed by atoms with van der Waals surface area (Å²) < 4.78 is 0. The minimum Gasteiger partial charge on any atom is -0.355 e. The molecule has 3 aromatic carbocycles. The van der Waals surface area contributed by atoms with Crippen LogP contribution in [-0.4, -0.2) is 29.3 Å². The number of nitrogens with one attached hydrogen (secondary N) is 1. The third-order valence-corrected chi connectivity index (χ3v) is 6.10. The molecule has 3 aromatic rings. The molecule has 3 rings (SSSR count). The molecule has 0 spiro atoms. The lowest BCUT2D eigenvalue weighted by Gasteiger charge is -2.29. The van der Waals surface area contributed by atoms with Crippen LogP contribution in [0.25, 0.3) is 10.8 Å². The summed E-state index contributed by atoms with van der Waals surface area (Å²) in [7, 11) is 0. The molecule has 0 saturated heterocycles. The lowest BCUT2D eigenvalue weighted by atomic mass is 10.0. The Kier molecular flexibility index (Phi) is 7.94. The molecule has 0 aromatic heterocycles. The molecule has 1 unspecified atom stereocenters. The van der Waals surface area contributed by atoms with Crippen LogP contribution in [0.3, 0.4) is 0 Å². The van der Waals surface area contributed by atoms with Gasteiger partial charge >= 0.3 is 0 Å². The van der Waals surface area contributed by atoms with Crippen LogP contribution in [0.1, 0.15) is 31.4 Å². The lowest BCUT2D eigenvalue weighted by molar-refractivity contribution is -0.140. The van der Waals surface area contributed by atoms with Gasteiger partial charge in [-0.25, -0.2) is 0 Å². The maximum atomic E-state index is 13.3. The van der Waals surface area contributed by atoms with Crippen molar-refractivity contribution in [1.82, 2.24) is 10.2 Å². The van der Waals surface area contributed by atoms with Gasteiger partial charge in [-0.15, -0.1) is 0 Å². The van der Waals surface area contributed by atoms with Crippen LogP contribution in [0.2, 0.25) is 10.0 Å². The van der Waals surface area contributed by atoms with Gasteiger partial charge in [0.1, 0.15) is 6.04 Å². The fraction of sp³-hybridized carbons (Fsp3) is 0.280. The molecule has 162 valence electrons. The number of nitrogens with zero attached hydrogens (tertiary/aromatic N) is 1. The summed E-state index contributed by atoms with van der Waals surface area (Å²) in [5.74, 6) is -0.327. The Morgan fingerprint density at radius 1 is 0.968 bits per heavy atom. The van der Waals surface area contributed by atoms with Crippen molar-refractivity contribution in [2.75, 3.05) is 6.54 Å². The molecule has 0 heterocycles. The van der Waals surface area contributed by atoms with Crippen LogP contribution in [-0.2, 0) is 22.6 Å². The molecule has 0 aliphatic carbocycles. The van der Waals surface area contributed by atoms with E-state index in [1.807, 2.05) is 31.2 Å². The van der Waals surface area contributed by atoms with Gasteiger partial charge in [-0.1, -0.05) is 71.7 Å². The summed E-state index contributed by atoms with van der Waals surface area (Å²) in [5.41, 5.74) is 1.74. The molecule has 0 aliphatic heterocycles. The topological polar surface area (TPSA) is 49.4 Å². The predicted octanol–water partition coefficient (Wildman–Crippen LogP) is 5.63. The first-order valence-electron chi connectivity index (χ1n) is 10.4. The van der Waals surface area contributed by atoms with E-state index in [0.29, 0.717) is 28.6 Å². The monoisotopic (exact) mass is 456 g/mol. The van der Waals surface area contributed by atoms with Crippen molar-refractivity contribution in [3.8, 4) is 0 Å². The SMILES string of the molecule is CCNC(=O)C(C)N(Cc1c(Cl)cccc1Cl)C(=O)CCc1cccc2ccccc12. The number of fused-ring (bicyclic) bond motifs is 1. The number of halogens is 2. The Labute approximate surface area is 193 Å². The van der Waals surface area contributed by atoms with Gasteiger partial charge in [0.25, 0.3) is 0 Å². The molecular formula is C25H26Cl2N2O2. The lowest BCUT2D eigenvalue weighted by Crippen LogP contribution is -2.47. The van der Waals surface area contributed by atoms with Crippen LogP contribution in [0.15, 0.2) is 60.7 Å². The summed E-state index contributed by atoms with van der Waals surface area (Å²) in [6.45, 7) is 4.24. The smallest absolute Gasteiger partial charge is 0.242 e. The average molecular weight is 457 g/mol. The van der Waals surface area contributed by atoms with Crippen LogP contribution in [0.4, 0.5) is 0 Å². The van der Waals surface area contributed by atoms with Gasteiger partial charge in [-0.3, -0.25) is 9.59 Å². The van der Waals surface area contributed by atoms with Gasteiger partial charge in [0.15, 0.2) is 0 Å². The predicted molar refractivity (Wildman–Crippen MR) is 127 cm³/mol. The zero-order chi connectivity index (χ0) is 22.4. The quantitative estimate of drug-likeness (QED) is 0.477. The highest BCUT2D eigenvalue weighted by atomic mass is 35.5.